The van der Waals surface area contributed by atoms with Crippen molar-refractivity contribution in [3.05, 3.63) is 53.1 Å². The number of nitrogen functional groups attached to an aromatic ring is 1. The van der Waals surface area contributed by atoms with Gasteiger partial charge < -0.3 is 16.2 Å². The highest BCUT2D eigenvalue weighted by Crippen LogP contribution is 2.28. The molecule has 104 valence electrons. The van der Waals surface area contributed by atoms with E-state index >= 15 is 0 Å². The van der Waals surface area contributed by atoms with Crippen LogP contribution in [-0.2, 0) is 6.42 Å². The topological polar surface area (TPSA) is 75.3 Å². The van der Waals surface area contributed by atoms with E-state index in [1.165, 1.54) is 6.07 Å². The maximum Gasteiger partial charge on any atom is 0.337 e. The van der Waals surface area contributed by atoms with Gasteiger partial charge in [0.05, 0.1) is 11.3 Å². The minimum Gasteiger partial charge on any atom is -0.478 e. The maximum atomic E-state index is 11.3. The summed E-state index contributed by atoms with van der Waals surface area (Å²) in [5, 5.41) is 12.5. The number of nitrogens with one attached hydrogen (secondary N) is 1. The third kappa shape index (κ3) is 2.74. The lowest BCUT2D eigenvalue weighted by Gasteiger charge is -2.16. The van der Waals surface area contributed by atoms with Crippen LogP contribution in [0.3, 0.4) is 0 Å². The van der Waals surface area contributed by atoms with Crippen LogP contribution in [0.5, 0.6) is 0 Å². The molecule has 0 unspecified atom stereocenters. The van der Waals surface area contributed by atoms with Crippen molar-refractivity contribution in [2.45, 2.75) is 20.3 Å². The summed E-state index contributed by atoms with van der Waals surface area (Å²) >= 11 is 0. The molecule has 4 N–H and O–H groups in total. The highest BCUT2D eigenvalue weighted by molar-refractivity contribution is 5.96. The summed E-state index contributed by atoms with van der Waals surface area (Å²) in [6.07, 6.45) is 0.876. The van der Waals surface area contributed by atoms with Gasteiger partial charge in [-0.2, -0.15) is 0 Å². The molecule has 2 aromatic rings. The lowest BCUT2D eigenvalue weighted by molar-refractivity contribution is 0.0698. The molecule has 0 aliphatic carbocycles. The molecule has 0 heterocycles. The third-order valence-corrected chi connectivity index (χ3v) is 3.27. The first-order valence-corrected chi connectivity index (χ1v) is 6.51. The van der Waals surface area contributed by atoms with Gasteiger partial charge in [-0.3, -0.25) is 0 Å². The van der Waals surface area contributed by atoms with Crippen LogP contribution in [0.2, 0.25) is 0 Å². The molecule has 0 atom stereocenters. The predicted octanol–water partition coefficient (Wildman–Crippen LogP) is 3.58. The number of carbonyl (C=O) groups is 1. The van der Waals surface area contributed by atoms with E-state index in [0.29, 0.717) is 11.4 Å². The van der Waals surface area contributed by atoms with E-state index in [-0.39, 0.29) is 5.56 Å². The molecule has 0 bridgehead atoms. The Bertz CT molecular complexity index is 651. The van der Waals surface area contributed by atoms with Crippen molar-refractivity contribution < 1.29 is 9.90 Å². The van der Waals surface area contributed by atoms with Crippen LogP contribution in [0.4, 0.5) is 17.1 Å². The van der Waals surface area contributed by atoms with Crippen LogP contribution in [0.15, 0.2) is 36.4 Å². The van der Waals surface area contributed by atoms with Crippen LogP contribution in [0.1, 0.15) is 28.4 Å². The quantitative estimate of drug-likeness (QED) is 0.742. The monoisotopic (exact) mass is 270 g/mol. The largest absolute Gasteiger partial charge is 0.478 e. The summed E-state index contributed by atoms with van der Waals surface area (Å²) < 4.78 is 0. The number of hydrogen-bond acceptors (Lipinski definition) is 3. The number of nitrogens with two attached hydrogens (primary N) is 1. The molecule has 0 aromatic heterocycles. The normalized spacial score (nSPS) is 10.3. The van der Waals surface area contributed by atoms with Crippen LogP contribution in [-0.4, -0.2) is 11.1 Å². The first-order valence-electron chi connectivity index (χ1n) is 6.51. The molecule has 2 rings (SSSR count). The fourth-order valence-corrected chi connectivity index (χ4v) is 2.18. The fraction of sp³-hybridized carbons (Fsp3) is 0.188. The summed E-state index contributed by atoms with van der Waals surface area (Å²) in [5.41, 5.74) is 10.0. The summed E-state index contributed by atoms with van der Waals surface area (Å²) in [7, 11) is 0. The van der Waals surface area contributed by atoms with E-state index in [4.69, 9.17) is 5.73 Å². The number of benzene rings is 2. The molecule has 4 nitrogen and oxygen atoms in total. The Balaban J connectivity index is 2.48. The Labute approximate surface area is 118 Å². The Morgan fingerprint density at radius 2 is 2.05 bits per heavy atom. The molecule has 0 amide bonds. The lowest BCUT2D eigenvalue weighted by atomic mass is 10.0. The molecule has 0 aliphatic heterocycles. The Hall–Kier alpha value is -2.49. The highest BCUT2D eigenvalue weighted by atomic mass is 16.4. The van der Waals surface area contributed by atoms with E-state index < -0.39 is 5.97 Å². The van der Waals surface area contributed by atoms with Gasteiger partial charge in [0.15, 0.2) is 0 Å². The molecule has 0 aliphatic rings. The van der Waals surface area contributed by atoms with Gasteiger partial charge in [0.2, 0.25) is 0 Å². The average Bonchev–Trinajstić information content (AvgIpc) is 2.42. The molecule has 20 heavy (non-hydrogen) atoms. The molecule has 0 radical (unpaired) electrons. The van der Waals surface area contributed by atoms with E-state index in [0.717, 1.165) is 23.2 Å². The van der Waals surface area contributed by atoms with Crippen LogP contribution >= 0.6 is 0 Å². The molecule has 0 saturated carbocycles. The number of aromatic carboxylic acids is 1. The van der Waals surface area contributed by atoms with Gasteiger partial charge in [0, 0.05) is 11.4 Å². The zero-order chi connectivity index (χ0) is 14.7. The third-order valence-electron chi connectivity index (χ3n) is 3.27. The number of rotatable bonds is 4. The zero-order valence-corrected chi connectivity index (χ0v) is 11.6. The van der Waals surface area contributed by atoms with Crippen molar-refractivity contribution in [1.82, 2.24) is 0 Å². The van der Waals surface area contributed by atoms with Crippen molar-refractivity contribution >= 4 is 23.0 Å². The molecule has 0 spiro atoms. The number of para-hydroxylation sites is 1. The average molecular weight is 270 g/mol. The Kier molecular flexibility index (Phi) is 3.94. The number of anilines is 3. The first-order chi connectivity index (χ1) is 9.52. The Morgan fingerprint density at radius 3 is 2.70 bits per heavy atom. The van der Waals surface area contributed by atoms with Crippen molar-refractivity contribution in [2.24, 2.45) is 0 Å². The smallest absolute Gasteiger partial charge is 0.337 e. The predicted molar refractivity (Wildman–Crippen MR) is 81.7 cm³/mol. The van der Waals surface area contributed by atoms with Gasteiger partial charge in [-0.1, -0.05) is 25.1 Å². The first kappa shape index (κ1) is 13.9. The van der Waals surface area contributed by atoms with Gasteiger partial charge >= 0.3 is 5.97 Å². The van der Waals surface area contributed by atoms with Gasteiger partial charge in [-0.25, -0.2) is 4.79 Å². The minimum atomic E-state index is -0.994. The van der Waals surface area contributed by atoms with Crippen molar-refractivity contribution in [1.29, 1.82) is 0 Å². The number of hydrogen-bond donors (Lipinski definition) is 3. The van der Waals surface area contributed by atoms with E-state index in [2.05, 4.69) is 12.2 Å². The van der Waals surface area contributed by atoms with Gasteiger partial charge in [-0.15, -0.1) is 0 Å². The minimum absolute atomic E-state index is 0.176. The SMILES string of the molecule is CCc1cccc(C)c1Nc1ccc(N)cc1C(=O)O. The van der Waals surface area contributed by atoms with Gasteiger partial charge in [-0.05, 0) is 42.7 Å². The maximum absolute atomic E-state index is 11.3. The van der Waals surface area contributed by atoms with Crippen molar-refractivity contribution in [3.8, 4) is 0 Å². The molecular weight excluding hydrogens is 252 g/mol. The lowest BCUT2D eigenvalue weighted by Crippen LogP contribution is -2.06. The molecule has 0 saturated heterocycles. The van der Waals surface area contributed by atoms with Gasteiger partial charge in [0.1, 0.15) is 0 Å². The van der Waals surface area contributed by atoms with Crippen molar-refractivity contribution in [3.63, 3.8) is 0 Å². The van der Waals surface area contributed by atoms with Crippen molar-refractivity contribution in [2.75, 3.05) is 11.1 Å². The van der Waals surface area contributed by atoms with Gasteiger partial charge in [0.25, 0.3) is 0 Å². The molecule has 0 fully saturated rings. The van der Waals surface area contributed by atoms with Crippen LogP contribution < -0.4 is 11.1 Å². The number of carboxylic acid groups (broad SMARTS) is 1. The van der Waals surface area contributed by atoms with E-state index in [1.54, 1.807) is 12.1 Å². The second-order valence-electron chi connectivity index (χ2n) is 4.70. The second-order valence-corrected chi connectivity index (χ2v) is 4.70. The number of aryl methyl sites for hydroxylation is 2. The standard InChI is InChI=1S/C16H18N2O2/c1-3-11-6-4-5-10(2)15(11)18-14-8-7-12(17)9-13(14)16(19)20/h4-9,18H,3,17H2,1-2H3,(H,19,20). The zero-order valence-electron chi connectivity index (χ0n) is 11.6. The highest BCUT2D eigenvalue weighted by Gasteiger charge is 2.12. The van der Waals surface area contributed by atoms with E-state index in [9.17, 15) is 9.90 Å². The second kappa shape index (κ2) is 5.65. The summed E-state index contributed by atoms with van der Waals surface area (Å²) in [5.74, 6) is -0.994. The molecule has 4 heteroatoms. The van der Waals surface area contributed by atoms with Crippen LogP contribution in [0, 0.1) is 6.92 Å². The number of carboxylic acids is 1. The summed E-state index contributed by atoms with van der Waals surface area (Å²) in [4.78, 5) is 11.3. The van der Waals surface area contributed by atoms with Crippen LogP contribution in [0.25, 0.3) is 0 Å². The summed E-state index contributed by atoms with van der Waals surface area (Å²) in [6, 6.07) is 10.9. The fourth-order valence-electron chi connectivity index (χ4n) is 2.18. The molecular formula is C16H18N2O2. The molecule has 2 aromatic carbocycles. The Morgan fingerprint density at radius 1 is 1.30 bits per heavy atom. The van der Waals surface area contributed by atoms with E-state index in [1.807, 2.05) is 25.1 Å². The summed E-state index contributed by atoms with van der Waals surface area (Å²) in [6.45, 7) is 4.07.